The van der Waals surface area contributed by atoms with Crippen LogP contribution in [-0.2, 0) is 17.8 Å². The highest BCUT2D eigenvalue weighted by molar-refractivity contribution is 5.79. The van der Waals surface area contributed by atoms with Gasteiger partial charge in [-0.15, -0.1) is 0 Å². The molecule has 1 aromatic carbocycles. The van der Waals surface area contributed by atoms with Crippen LogP contribution in [0.1, 0.15) is 11.1 Å². The zero-order valence-electron chi connectivity index (χ0n) is 13.4. The number of piperazine rings is 1. The molecule has 1 amide bonds. The molecule has 0 aliphatic carbocycles. The van der Waals surface area contributed by atoms with Gasteiger partial charge in [0.25, 0.3) is 0 Å². The van der Waals surface area contributed by atoms with E-state index in [4.69, 9.17) is 9.47 Å². The van der Waals surface area contributed by atoms with Gasteiger partial charge in [-0.2, -0.15) is 5.10 Å². The van der Waals surface area contributed by atoms with Crippen LogP contribution in [0.4, 0.5) is 0 Å². The maximum atomic E-state index is 12.4. The number of fused-ring (bicyclic) bond motifs is 1. The standard InChI is InChI=1S/C17H20N4O3/c22-17-11-20(4-3-14-8-18-19-9-14)5-6-21(17)10-13-1-2-15-16(7-13)24-12-23-15/h1-2,7-9H,3-6,10-12H2,(H,18,19). The van der Waals surface area contributed by atoms with E-state index in [0.29, 0.717) is 13.1 Å². The van der Waals surface area contributed by atoms with Crippen LogP contribution >= 0.6 is 0 Å². The quantitative estimate of drug-likeness (QED) is 0.887. The molecule has 7 nitrogen and oxygen atoms in total. The van der Waals surface area contributed by atoms with Crippen molar-refractivity contribution < 1.29 is 14.3 Å². The Kier molecular flexibility index (Phi) is 4.08. The van der Waals surface area contributed by atoms with Gasteiger partial charge >= 0.3 is 0 Å². The molecule has 0 saturated carbocycles. The van der Waals surface area contributed by atoms with Crippen molar-refractivity contribution in [2.45, 2.75) is 13.0 Å². The van der Waals surface area contributed by atoms with Gasteiger partial charge in [0.2, 0.25) is 12.7 Å². The average molecular weight is 328 g/mol. The van der Waals surface area contributed by atoms with E-state index in [1.54, 1.807) is 0 Å². The van der Waals surface area contributed by atoms with Crippen molar-refractivity contribution in [2.24, 2.45) is 0 Å². The molecule has 24 heavy (non-hydrogen) atoms. The molecule has 0 unspecified atom stereocenters. The van der Waals surface area contributed by atoms with Gasteiger partial charge in [0.1, 0.15) is 0 Å². The monoisotopic (exact) mass is 328 g/mol. The molecule has 2 aromatic rings. The normalized spacial score (nSPS) is 17.5. The van der Waals surface area contributed by atoms with E-state index in [2.05, 4.69) is 15.1 Å². The molecule has 1 fully saturated rings. The Hall–Kier alpha value is -2.54. The maximum absolute atomic E-state index is 12.4. The molecule has 0 radical (unpaired) electrons. The molecule has 1 saturated heterocycles. The third-order valence-electron chi connectivity index (χ3n) is 4.48. The summed E-state index contributed by atoms with van der Waals surface area (Å²) in [6, 6.07) is 5.86. The third kappa shape index (κ3) is 3.21. The van der Waals surface area contributed by atoms with Crippen LogP contribution in [0.5, 0.6) is 11.5 Å². The van der Waals surface area contributed by atoms with Gasteiger partial charge in [0.15, 0.2) is 11.5 Å². The Morgan fingerprint density at radius 1 is 1.17 bits per heavy atom. The Morgan fingerprint density at radius 2 is 2.08 bits per heavy atom. The Balaban J connectivity index is 1.31. The summed E-state index contributed by atoms with van der Waals surface area (Å²) in [5.41, 5.74) is 2.24. The number of nitrogens with zero attached hydrogens (tertiary/aromatic N) is 3. The van der Waals surface area contributed by atoms with Crippen LogP contribution in [0.2, 0.25) is 0 Å². The lowest BCUT2D eigenvalue weighted by molar-refractivity contribution is -0.136. The number of H-pyrrole nitrogens is 1. The van der Waals surface area contributed by atoms with Crippen LogP contribution < -0.4 is 9.47 Å². The number of carbonyl (C=O) groups excluding carboxylic acids is 1. The van der Waals surface area contributed by atoms with E-state index < -0.39 is 0 Å². The number of hydrogen-bond donors (Lipinski definition) is 1. The third-order valence-corrected chi connectivity index (χ3v) is 4.48. The number of aromatic nitrogens is 2. The first-order chi connectivity index (χ1) is 11.8. The molecular weight excluding hydrogens is 308 g/mol. The summed E-state index contributed by atoms with van der Waals surface area (Å²) >= 11 is 0. The SMILES string of the molecule is O=C1CN(CCc2cn[nH]c2)CCN1Cc1ccc2c(c1)OCO2. The Morgan fingerprint density at radius 3 is 2.92 bits per heavy atom. The van der Waals surface area contributed by atoms with E-state index in [9.17, 15) is 4.79 Å². The van der Waals surface area contributed by atoms with Gasteiger partial charge in [-0.1, -0.05) is 6.07 Å². The molecule has 1 aromatic heterocycles. The van der Waals surface area contributed by atoms with E-state index in [1.165, 1.54) is 5.56 Å². The number of nitrogens with one attached hydrogen (secondary N) is 1. The fraction of sp³-hybridized carbons (Fsp3) is 0.412. The Bertz CT molecular complexity index is 717. The highest BCUT2D eigenvalue weighted by Gasteiger charge is 2.24. The lowest BCUT2D eigenvalue weighted by Gasteiger charge is -2.34. The number of amides is 1. The molecular formula is C17H20N4O3. The molecule has 0 bridgehead atoms. The van der Waals surface area contributed by atoms with E-state index in [0.717, 1.165) is 43.1 Å². The van der Waals surface area contributed by atoms with Gasteiger partial charge in [0, 0.05) is 32.4 Å². The number of benzene rings is 1. The van der Waals surface area contributed by atoms with Crippen molar-refractivity contribution in [3.05, 3.63) is 41.7 Å². The molecule has 126 valence electrons. The van der Waals surface area contributed by atoms with Gasteiger partial charge in [-0.3, -0.25) is 14.8 Å². The molecule has 1 N–H and O–H groups in total. The van der Waals surface area contributed by atoms with Gasteiger partial charge in [0.05, 0.1) is 12.7 Å². The van der Waals surface area contributed by atoms with E-state index in [1.807, 2.05) is 35.5 Å². The Labute approximate surface area is 140 Å². The van der Waals surface area contributed by atoms with Crippen LogP contribution in [0.15, 0.2) is 30.6 Å². The van der Waals surface area contributed by atoms with E-state index in [-0.39, 0.29) is 12.7 Å². The van der Waals surface area contributed by atoms with Crippen molar-refractivity contribution in [3.8, 4) is 11.5 Å². The molecule has 4 rings (SSSR count). The number of aromatic amines is 1. The summed E-state index contributed by atoms with van der Waals surface area (Å²) in [5.74, 6) is 1.71. The molecule has 0 spiro atoms. The lowest BCUT2D eigenvalue weighted by Crippen LogP contribution is -2.50. The zero-order valence-corrected chi connectivity index (χ0v) is 13.4. The zero-order chi connectivity index (χ0) is 16.4. The first-order valence-electron chi connectivity index (χ1n) is 8.14. The second-order valence-corrected chi connectivity index (χ2v) is 6.14. The highest BCUT2D eigenvalue weighted by Crippen LogP contribution is 2.32. The number of hydrogen-bond acceptors (Lipinski definition) is 5. The minimum Gasteiger partial charge on any atom is -0.454 e. The summed E-state index contributed by atoms with van der Waals surface area (Å²) in [6.45, 7) is 3.89. The number of ether oxygens (including phenoxy) is 2. The van der Waals surface area contributed by atoms with Gasteiger partial charge < -0.3 is 14.4 Å². The first-order valence-corrected chi connectivity index (χ1v) is 8.14. The summed E-state index contributed by atoms with van der Waals surface area (Å²) in [5, 5.41) is 6.76. The number of rotatable bonds is 5. The average Bonchev–Trinajstić information content (AvgIpc) is 3.26. The minimum atomic E-state index is 0.172. The fourth-order valence-corrected chi connectivity index (χ4v) is 3.08. The smallest absolute Gasteiger partial charge is 0.237 e. The maximum Gasteiger partial charge on any atom is 0.237 e. The van der Waals surface area contributed by atoms with Crippen molar-refractivity contribution in [3.63, 3.8) is 0 Å². The minimum absolute atomic E-state index is 0.172. The van der Waals surface area contributed by atoms with Crippen molar-refractivity contribution in [1.29, 1.82) is 0 Å². The fourth-order valence-electron chi connectivity index (χ4n) is 3.08. The predicted molar refractivity (Wildman–Crippen MR) is 86.7 cm³/mol. The van der Waals surface area contributed by atoms with Crippen LogP contribution in [0.25, 0.3) is 0 Å². The van der Waals surface area contributed by atoms with Crippen molar-refractivity contribution >= 4 is 5.91 Å². The van der Waals surface area contributed by atoms with Gasteiger partial charge in [-0.05, 0) is 29.7 Å². The predicted octanol–water partition coefficient (Wildman–Crippen LogP) is 1.03. The number of carbonyl (C=O) groups is 1. The van der Waals surface area contributed by atoms with Gasteiger partial charge in [-0.25, -0.2) is 0 Å². The molecule has 3 heterocycles. The second-order valence-electron chi connectivity index (χ2n) is 6.14. The summed E-state index contributed by atoms with van der Waals surface area (Å²) < 4.78 is 10.7. The van der Waals surface area contributed by atoms with Crippen LogP contribution in [-0.4, -0.2) is 58.9 Å². The molecule has 2 aliphatic heterocycles. The molecule has 7 heteroatoms. The topological polar surface area (TPSA) is 70.7 Å². The van der Waals surface area contributed by atoms with Crippen molar-refractivity contribution in [1.82, 2.24) is 20.0 Å². The largest absolute Gasteiger partial charge is 0.454 e. The van der Waals surface area contributed by atoms with Crippen LogP contribution in [0.3, 0.4) is 0 Å². The van der Waals surface area contributed by atoms with Crippen molar-refractivity contribution in [2.75, 3.05) is 33.0 Å². The summed E-state index contributed by atoms with van der Waals surface area (Å²) in [6.07, 6.45) is 4.64. The molecule has 2 aliphatic rings. The summed E-state index contributed by atoms with van der Waals surface area (Å²) in [4.78, 5) is 16.5. The lowest BCUT2D eigenvalue weighted by atomic mass is 10.1. The first kappa shape index (κ1) is 15.0. The second kappa shape index (κ2) is 6.52. The van der Waals surface area contributed by atoms with Crippen LogP contribution in [0, 0.1) is 0 Å². The van der Waals surface area contributed by atoms with E-state index >= 15 is 0 Å². The summed E-state index contributed by atoms with van der Waals surface area (Å²) in [7, 11) is 0. The molecule has 0 atom stereocenters. The highest BCUT2D eigenvalue weighted by atomic mass is 16.7.